The predicted molar refractivity (Wildman–Crippen MR) is 166 cm³/mol. The van der Waals surface area contributed by atoms with Gasteiger partial charge in [0.1, 0.15) is 22.8 Å². The van der Waals surface area contributed by atoms with Crippen LogP contribution in [-0.2, 0) is 9.53 Å². The minimum Gasteiger partial charge on any atom is -0.482 e. The van der Waals surface area contributed by atoms with Gasteiger partial charge in [-0.15, -0.1) is 0 Å². The number of carbonyl (C=O) groups is 1. The average molecular weight is 577 g/mol. The van der Waals surface area contributed by atoms with Gasteiger partial charge in [0.05, 0.1) is 0 Å². The van der Waals surface area contributed by atoms with Gasteiger partial charge in [-0.05, 0) is 133 Å². The lowest BCUT2D eigenvalue weighted by Crippen LogP contribution is -2.58. The lowest BCUT2D eigenvalue weighted by atomic mass is 9.50. The minimum atomic E-state index is -0.637. The number of ether oxygens (including phenoxy) is 3. The van der Waals surface area contributed by atoms with E-state index in [1.165, 1.54) is 57.9 Å². The first-order valence-electron chi connectivity index (χ1n) is 15.2. The van der Waals surface area contributed by atoms with Crippen molar-refractivity contribution in [3.05, 3.63) is 97.1 Å². The number of esters is 1. The number of hydrogen-bond acceptors (Lipinski definition) is 4. The highest BCUT2D eigenvalue weighted by atomic mass is 32.2. The van der Waals surface area contributed by atoms with Gasteiger partial charge in [0, 0.05) is 9.79 Å². The zero-order valence-electron chi connectivity index (χ0n) is 23.9. The van der Waals surface area contributed by atoms with Crippen molar-refractivity contribution in [1.82, 2.24) is 0 Å². The molecule has 214 valence electrons. The largest absolute Gasteiger partial charge is 0.482 e. The van der Waals surface area contributed by atoms with Crippen molar-refractivity contribution in [2.45, 2.75) is 59.3 Å². The van der Waals surface area contributed by atoms with Gasteiger partial charge in [-0.2, -0.15) is 10.9 Å². The van der Waals surface area contributed by atoms with Crippen LogP contribution in [0.2, 0.25) is 0 Å². The van der Waals surface area contributed by atoms with Crippen molar-refractivity contribution in [1.29, 1.82) is 0 Å². The van der Waals surface area contributed by atoms with E-state index in [9.17, 15) is 4.79 Å². The summed E-state index contributed by atoms with van der Waals surface area (Å²) < 4.78 is 18.3. The Kier molecular flexibility index (Phi) is 6.33. The maximum absolute atomic E-state index is 12.8. The zero-order chi connectivity index (χ0) is 28.3. The van der Waals surface area contributed by atoms with Crippen LogP contribution in [0.5, 0.6) is 17.2 Å². The molecule has 1 heterocycles. The Morgan fingerprint density at radius 2 is 1.31 bits per heavy atom. The third-order valence-corrected chi connectivity index (χ3v) is 12.7. The monoisotopic (exact) mass is 576 g/mol. The number of rotatable bonds is 7. The molecule has 5 aliphatic rings. The van der Waals surface area contributed by atoms with Crippen molar-refractivity contribution in [3.63, 3.8) is 0 Å². The van der Waals surface area contributed by atoms with Crippen LogP contribution in [0.3, 0.4) is 0 Å². The molecule has 0 atom stereocenters. The Hall–Kier alpha value is -3.70. The molecule has 42 heavy (non-hydrogen) atoms. The maximum Gasteiger partial charge on any atom is 0.344 e. The highest BCUT2D eigenvalue weighted by Gasteiger charge is 2.57. The number of fused-ring (bicyclic) bond motifs is 3. The molecular formula is C37H36O4S. The molecule has 0 unspecified atom stereocenters. The Balaban J connectivity index is 0.918. The number of thiol groups is 1. The Labute approximate surface area is 250 Å². The van der Waals surface area contributed by atoms with E-state index >= 15 is 0 Å². The van der Waals surface area contributed by atoms with Gasteiger partial charge < -0.3 is 14.2 Å². The summed E-state index contributed by atoms with van der Waals surface area (Å²) in [5.74, 6) is 4.59. The van der Waals surface area contributed by atoms with Crippen molar-refractivity contribution in [2.24, 2.45) is 23.7 Å². The summed E-state index contributed by atoms with van der Waals surface area (Å²) in [6, 6.07) is 33.4. The fourth-order valence-corrected chi connectivity index (χ4v) is 11.0. The topological polar surface area (TPSA) is 44.8 Å². The lowest BCUT2D eigenvalue weighted by molar-refractivity contribution is -0.204. The molecule has 0 amide bonds. The normalized spacial score (nSPS) is 27.3. The van der Waals surface area contributed by atoms with Crippen LogP contribution >= 0.6 is 10.9 Å². The Morgan fingerprint density at radius 3 is 1.95 bits per heavy atom. The van der Waals surface area contributed by atoms with Crippen molar-refractivity contribution in [2.75, 3.05) is 6.61 Å². The molecule has 4 nitrogen and oxygen atoms in total. The zero-order valence-corrected chi connectivity index (χ0v) is 24.8. The number of hydrogen-bond donors (Lipinski definition) is 1. The van der Waals surface area contributed by atoms with Gasteiger partial charge >= 0.3 is 5.97 Å². The van der Waals surface area contributed by atoms with E-state index in [1.807, 2.05) is 30.3 Å². The van der Waals surface area contributed by atoms with E-state index in [1.54, 1.807) is 0 Å². The third-order valence-electron chi connectivity index (χ3n) is 10.2. The lowest BCUT2D eigenvalue weighted by Gasteiger charge is -2.59. The first kappa shape index (κ1) is 26.0. The minimum absolute atomic E-state index is 0.0728. The van der Waals surface area contributed by atoms with E-state index in [0.717, 1.165) is 23.3 Å². The highest BCUT2D eigenvalue weighted by molar-refractivity contribution is 8.17. The fraction of sp³-hybridized carbons (Fsp3) is 0.324. The number of carbonyl (C=O) groups excluding carboxylic acids is 1. The van der Waals surface area contributed by atoms with E-state index < -0.39 is 10.9 Å². The molecule has 0 radical (unpaired) electrons. The molecular weight excluding hydrogens is 540 g/mol. The van der Waals surface area contributed by atoms with Crippen molar-refractivity contribution in [3.8, 4) is 28.4 Å². The molecule has 9 rings (SSSR count). The van der Waals surface area contributed by atoms with Gasteiger partial charge in [0.2, 0.25) is 0 Å². The van der Waals surface area contributed by atoms with Crippen LogP contribution in [0.4, 0.5) is 0 Å². The molecule has 4 saturated carbocycles. The summed E-state index contributed by atoms with van der Waals surface area (Å²) in [5, 5.41) is 0. The van der Waals surface area contributed by atoms with Crippen LogP contribution in [-0.4, -0.2) is 18.2 Å². The third kappa shape index (κ3) is 4.50. The molecule has 4 aromatic rings. The van der Waals surface area contributed by atoms with Crippen LogP contribution in [0, 0.1) is 23.7 Å². The van der Waals surface area contributed by atoms with Crippen molar-refractivity contribution >= 4 is 16.9 Å². The number of benzene rings is 4. The molecule has 4 aliphatic carbocycles. The van der Waals surface area contributed by atoms with Gasteiger partial charge in [0.15, 0.2) is 6.61 Å². The Bertz CT molecular complexity index is 1570. The summed E-state index contributed by atoms with van der Waals surface area (Å²) >= 11 is 0. The summed E-state index contributed by atoms with van der Waals surface area (Å²) in [7, 11) is -0.637. The first-order chi connectivity index (χ1) is 20.5. The molecule has 0 aromatic heterocycles. The Morgan fingerprint density at radius 1 is 0.714 bits per heavy atom. The van der Waals surface area contributed by atoms with Crippen LogP contribution in [0.1, 0.15) is 39.0 Å². The van der Waals surface area contributed by atoms with E-state index in [0.29, 0.717) is 17.6 Å². The molecule has 0 spiro atoms. The summed E-state index contributed by atoms with van der Waals surface area (Å²) in [5.41, 5.74) is 2.33. The molecule has 4 fully saturated rings. The molecule has 1 aliphatic heterocycles. The molecule has 0 saturated heterocycles. The smallest absolute Gasteiger partial charge is 0.344 e. The van der Waals surface area contributed by atoms with Crippen LogP contribution in [0.25, 0.3) is 11.1 Å². The fourth-order valence-electron chi connectivity index (χ4n) is 8.33. The van der Waals surface area contributed by atoms with Gasteiger partial charge in [0.25, 0.3) is 0 Å². The van der Waals surface area contributed by atoms with Crippen molar-refractivity contribution < 1.29 is 19.0 Å². The second-order valence-electron chi connectivity index (χ2n) is 12.7. The van der Waals surface area contributed by atoms with E-state index in [2.05, 4.69) is 73.7 Å². The average Bonchev–Trinajstić information content (AvgIpc) is 3.34. The molecule has 4 bridgehead atoms. The van der Waals surface area contributed by atoms with E-state index in [4.69, 9.17) is 14.2 Å². The second kappa shape index (κ2) is 10.2. The summed E-state index contributed by atoms with van der Waals surface area (Å²) in [4.78, 5) is 16.9. The summed E-state index contributed by atoms with van der Waals surface area (Å²) in [6.07, 6.45) is 6.23. The van der Waals surface area contributed by atoms with Gasteiger partial charge in [-0.3, -0.25) is 0 Å². The van der Waals surface area contributed by atoms with E-state index in [-0.39, 0.29) is 18.2 Å². The van der Waals surface area contributed by atoms with Gasteiger partial charge in [-0.25, -0.2) is 4.79 Å². The standard InChI is InChI=1S/C37H36O4S/c1-37(26-18-24-17-25(20-26)21-27(37)19-24)41-36(38)23-39-28-13-15-29(16-14-28)40-30-7-6-8-31(22-30)42-34-11-4-2-9-32(34)33-10-3-5-12-35(33)42/h2-16,22,24-27,42H,17-21,23H2,1H3. The summed E-state index contributed by atoms with van der Waals surface area (Å²) in [6.45, 7) is 2.10. The first-order valence-corrected chi connectivity index (χ1v) is 16.6. The highest BCUT2D eigenvalue weighted by Crippen LogP contribution is 2.63. The van der Waals surface area contributed by atoms with Crippen LogP contribution < -0.4 is 9.47 Å². The quantitative estimate of drug-likeness (QED) is 0.155. The molecule has 0 N–H and O–H groups in total. The van der Waals surface area contributed by atoms with Gasteiger partial charge in [-0.1, -0.05) is 42.5 Å². The second-order valence-corrected chi connectivity index (χ2v) is 14.8. The molecule has 5 heteroatoms. The maximum atomic E-state index is 12.8. The SMILES string of the molecule is CC1(OC(=O)COc2ccc(Oc3cccc([SH]4c5ccccc5-c5ccccc54)c3)cc2)C2CC3CC(C2)CC1C3. The van der Waals surface area contributed by atoms with Crippen LogP contribution in [0.15, 0.2) is 112 Å². The predicted octanol–water partition coefficient (Wildman–Crippen LogP) is 9.07. The molecule has 4 aromatic carbocycles.